The van der Waals surface area contributed by atoms with Gasteiger partial charge in [-0.1, -0.05) is 25.1 Å². The summed E-state index contributed by atoms with van der Waals surface area (Å²) >= 11 is 0. The lowest BCUT2D eigenvalue weighted by atomic mass is 10.1. The van der Waals surface area contributed by atoms with E-state index in [9.17, 15) is 14.4 Å². The number of nitrogens with zero attached hydrogens (tertiary/aromatic N) is 3. The summed E-state index contributed by atoms with van der Waals surface area (Å²) in [7, 11) is 0. The number of aryl methyl sites for hydroxylation is 1. The van der Waals surface area contributed by atoms with Gasteiger partial charge in [-0.15, -0.1) is 0 Å². The van der Waals surface area contributed by atoms with Crippen molar-refractivity contribution in [2.75, 3.05) is 18.1 Å². The van der Waals surface area contributed by atoms with Crippen LogP contribution in [0.1, 0.15) is 31.9 Å². The Morgan fingerprint density at radius 2 is 1.93 bits per heavy atom. The summed E-state index contributed by atoms with van der Waals surface area (Å²) in [5.41, 5.74) is 1.42. The minimum absolute atomic E-state index is 0.149. The van der Waals surface area contributed by atoms with Gasteiger partial charge in [-0.3, -0.25) is 18.7 Å². The number of carbonyl (C=O) groups excluding carboxylic acids is 1. The van der Waals surface area contributed by atoms with Crippen molar-refractivity contribution in [2.24, 2.45) is 0 Å². The van der Waals surface area contributed by atoms with Gasteiger partial charge in [-0.05, 0) is 50.1 Å². The number of para-hydroxylation sites is 1. The molecule has 7 nitrogen and oxygen atoms in total. The molecule has 3 aromatic rings. The van der Waals surface area contributed by atoms with Crippen molar-refractivity contribution < 1.29 is 9.53 Å². The molecule has 1 aliphatic heterocycles. The zero-order chi connectivity index (χ0) is 21.4. The number of hydrogen-bond acceptors (Lipinski definition) is 4. The predicted octanol–water partition coefficient (Wildman–Crippen LogP) is 2.87. The molecule has 2 heterocycles. The van der Waals surface area contributed by atoms with Crippen LogP contribution in [0.25, 0.3) is 10.9 Å². The van der Waals surface area contributed by atoms with Crippen LogP contribution in [0.15, 0.2) is 52.1 Å². The van der Waals surface area contributed by atoms with E-state index in [1.807, 2.05) is 39.0 Å². The van der Waals surface area contributed by atoms with Crippen molar-refractivity contribution in [3.63, 3.8) is 0 Å². The van der Waals surface area contributed by atoms with E-state index in [4.69, 9.17) is 4.74 Å². The van der Waals surface area contributed by atoms with Crippen LogP contribution in [-0.4, -0.2) is 28.2 Å². The first-order valence-electron chi connectivity index (χ1n) is 10.2. The second-order valence-corrected chi connectivity index (χ2v) is 7.68. The predicted molar refractivity (Wildman–Crippen MR) is 116 cm³/mol. The van der Waals surface area contributed by atoms with Gasteiger partial charge in [-0.2, -0.15) is 0 Å². The third-order valence-corrected chi connectivity index (χ3v) is 5.68. The number of benzene rings is 2. The maximum atomic E-state index is 13.3. The highest BCUT2D eigenvalue weighted by Gasteiger charge is 2.26. The minimum atomic E-state index is -0.459. The number of amides is 1. The SMILES string of the molecule is CC[C@@H](C)n1c(=O)c2ccccc2n(CC(=O)N2CCOc3ccc(C)cc32)c1=O. The van der Waals surface area contributed by atoms with Crippen molar-refractivity contribution >= 4 is 22.5 Å². The number of rotatable bonds is 4. The summed E-state index contributed by atoms with van der Waals surface area (Å²) in [6.07, 6.45) is 0.636. The summed E-state index contributed by atoms with van der Waals surface area (Å²) in [5.74, 6) is 0.439. The van der Waals surface area contributed by atoms with E-state index in [0.29, 0.717) is 41.9 Å². The smallest absolute Gasteiger partial charge is 0.332 e. The maximum Gasteiger partial charge on any atom is 0.332 e. The average molecular weight is 407 g/mol. The summed E-state index contributed by atoms with van der Waals surface area (Å²) < 4.78 is 8.35. The molecule has 1 aliphatic rings. The van der Waals surface area contributed by atoms with Gasteiger partial charge < -0.3 is 9.64 Å². The van der Waals surface area contributed by atoms with Gasteiger partial charge in [0.05, 0.1) is 23.1 Å². The normalized spacial score (nSPS) is 14.3. The van der Waals surface area contributed by atoms with Crippen LogP contribution in [0.3, 0.4) is 0 Å². The molecule has 156 valence electrons. The van der Waals surface area contributed by atoms with E-state index in [1.165, 1.54) is 9.13 Å². The van der Waals surface area contributed by atoms with Crippen molar-refractivity contribution in [3.8, 4) is 5.75 Å². The highest BCUT2D eigenvalue weighted by Crippen LogP contribution is 2.32. The summed E-state index contributed by atoms with van der Waals surface area (Å²) in [5, 5.41) is 0.434. The third kappa shape index (κ3) is 3.30. The standard InChI is InChI=1S/C23H25N3O4/c1-4-16(3)26-22(28)17-7-5-6-8-18(17)25(23(26)29)14-21(27)24-11-12-30-20-10-9-15(2)13-19(20)24/h5-10,13,16H,4,11-12,14H2,1-3H3/t16-/m1/s1. The maximum absolute atomic E-state index is 13.3. The van der Waals surface area contributed by atoms with Crippen LogP contribution in [0.2, 0.25) is 0 Å². The largest absolute Gasteiger partial charge is 0.490 e. The highest BCUT2D eigenvalue weighted by atomic mass is 16.5. The lowest BCUT2D eigenvalue weighted by Gasteiger charge is -2.30. The molecule has 2 aromatic carbocycles. The zero-order valence-electron chi connectivity index (χ0n) is 17.4. The fourth-order valence-corrected chi connectivity index (χ4v) is 3.87. The van der Waals surface area contributed by atoms with Gasteiger partial charge >= 0.3 is 5.69 Å². The Morgan fingerprint density at radius 3 is 2.70 bits per heavy atom. The van der Waals surface area contributed by atoms with Gasteiger partial charge in [0.2, 0.25) is 5.91 Å². The molecule has 0 saturated heterocycles. The summed E-state index contributed by atoms with van der Waals surface area (Å²) in [6, 6.07) is 12.4. The molecule has 1 aromatic heterocycles. The van der Waals surface area contributed by atoms with Crippen LogP contribution in [-0.2, 0) is 11.3 Å². The molecule has 0 fully saturated rings. The first-order valence-corrected chi connectivity index (χ1v) is 10.2. The molecule has 0 radical (unpaired) electrons. The minimum Gasteiger partial charge on any atom is -0.490 e. The Morgan fingerprint density at radius 1 is 1.17 bits per heavy atom. The lowest BCUT2D eigenvalue weighted by molar-refractivity contribution is -0.119. The van der Waals surface area contributed by atoms with Crippen molar-refractivity contribution in [1.29, 1.82) is 0 Å². The second kappa shape index (κ2) is 7.82. The summed E-state index contributed by atoms with van der Waals surface area (Å²) in [6.45, 7) is 6.37. The number of aromatic nitrogens is 2. The Labute approximate surface area is 174 Å². The molecule has 30 heavy (non-hydrogen) atoms. The van der Waals surface area contributed by atoms with E-state index < -0.39 is 5.69 Å². The number of carbonyl (C=O) groups is 1. The van der Waals surface area contributed by atoms with Crippen LogP contribution in [0.4, 0.5) is 5.69 Å². The van der Waals surface area contributed by atoms with E-state index >= 15 is 0 Å². The van der Waals surface area contributed by atoms with Gasteiger partial charge in [0.25, 0.3) is 5.56 Å². The molecule has 0 bridgehead atoms. The Balaban J connectivity index is 1.82. The van der Waals surface area contributed by atoms with Gasteiger partial charge in [0.1, 0.15) is 18.9 Å². The van der Waals surface area contributed by atoms with Crippen LogP contribution in [0, 0.1) is 6.92 Å². The van der Waals surface area contributed by atoms with Gasteiger partial charge in [0, 0.05) is 6.04 Å². The molecular formula is C23H25N3O4. The van der Waals surface area contributed by atoms with E-state index in [2.05, 4.69) is 0 Å². The molecule has 1 amide bonds. The van der Waals surface area contributed by atoms with Crippen LogP contribution < -0.4 is 20.9 Å². The second-order valence-electron chi connectivity index (χ2n) is 7.68. The molecule has 1 atom stereocenters. The van der Waals surface area contributed by atoms with Gasteiger partial charge in [-0.25, -0.2) is 4.79 Å². The van der Waals surface area contributed by atoms with Crippen LogP contribution >= 0.6 is 0 Å². The molecule has 0 spiro atoms. The average Bonchev–Trinajstić information content (AvgIpc) is 2.75. The topological polar surface area (TPSA) is 73.5 Å². The Hall–Kier alpha value is -3.35. The zero-order valence-corrected chi connectivity index (χ0v) is 17.4. The molecule has 0 unspecified atom stereocenters. The van der Waals surface area contributed by atoms with E-state index in [-0.39, 0.29) is 24.1 Å². The van der Waals surface area contributed by atoms with Gasteiger partial charge in [0.15, 0.2) is 0 Å². The molecule has 0 saturated carbocycles. The van der Waals surface area contributed by atoms with Crippen molar-refractivity contribution in [1.82, 2.24) is 9.13 Å². The van der Waals surface area contributed by atoms with E-state index in [1.54, 1.807) is 29.2 Å². The number of ether oxygens (including phenoxy) is 1. The first-order chi connectivity index (χ1) is 14.4. The number of anilines is 1. The number of fused-ring (bicyclic) bond motifs is 2. The molecule has 0 N–H and O–H groups in total. The first kappa shape index (κ1) is 19.9. The number of hydrogen-bond donors (Lipinski definition) is 0. The molecular weight excluding hydrogens is 382 g/mol. The monoisotopic (exact) mass is 407 g/mol. The lowest BCUT2D eigenvalue weighted by Crippen LogP contribution is -2.46. The fraction of sp³-hybridized carbons (Fsp3) is 0.348. The highest BCUT2D eigenvalue weighted by molar-refractivity contribution is 5.96. The fourth-order valence-electron chi connectivity index (χ4n) is 3.87. The summed E-state index contributed by atoms with van der Waals surface area (Å²) in [4.78, 5) is 41.1. The molecule has 4 rings (SSSR count). The molecule has 0 aliphatic carbocycles. The Bertz CT molecular complexity index is 1240. The molecule has 7 heteroatoms. The van der Waals surface area contributed by atoms with Crippen molar-refractivity contribution in [2.45, 2.75) is 39.8 Å². The van der Waals surface area contributed by atoms with Crippen LogP contribution in [0.5, 0.6) is 5.75 Å². The Kier molecular flexibility index (Phi) is 5.20. The van der Waals surface area contributed by atoms with Crippen molar-refractivity contribution in [3.05, 3.63) is 68.9 Å². The van der Waals surface area contributed by atoms with E-state index in [0.717, 1.165) is 5.56 Å². The quantitative estimate of drug-likeness (QED) is 0.667. The third-order valence-electron chi connectivity index (χ3n) is 5.68.